The lowest BCUT2D eigenvalue weighted by Gasteiger charge is -2.25. The van der Waals surface area contributed by atoms with Gasteiger partial charge in [-0.3, -0.25) is 0 Å². The van der Waals surface area contributed by atoms with Gasteiger partial charge in [-0.25, -0.2) is 0 Å². The SMILES string of the molecule is CCC(CC(C)(C)C)c1ccc(C2CC2)cc1. The molecule has 0 nitrogen and oxygen atoms in total. The van der Waals surface area contributed by atoms with E-state index >= 15 is 0 Å². The molecule has 0 aliphatic heterocycles. The molecule has 0 heterocycles. The van der Waals surface area contributed by atoms with Crippen LogP contribution in [0.3, 0.4) is 0 Å². The molecular formula is C17H26. The maximum absolute atomic E-state index is 2.37. The van der Waals surface area contributed by atoms with Crippen molar-refractivity contribution in [2.24, 2.45) is 5.41 Å². The summed E-state index contributed by atoms with van der Waals surface area (Å²) in [6.07, 6.45) is 5.34. The van der Waals surface area contributed by atoms with Gasteiger partial charge in [0.15, 0.2) is 0 Å². The summed E-state index contributed by atoms with van der Waals surface area (Å²) in [4.78, 5) is 0. The van der Waals surface area contributed by atoms with Crippen molar-refractivity contribution in [1.29, 1.82) is 0 Å². The largest absolute Gasteiger partial charge is 0.0648 e. The first-order valence-electron chi connectivity index (χ1n) is 7.09. The van der Waals surface area contributed by atoms with Gasteiger partial charge in [0.2, 0.25) is 0 Å². The lowest BCUT2D eigenvalue weighted by atomic mass is 9.80. The van der Waals surface area contributed by atoms with Crippen LogP contribution in [-0.2, 0) is 0 Å². The molecule has 0 saturated heterocycles. The van der Waals surface area contributed by atoms with Gasteiger partial charge in [-0.05, 0) is 54.1 Å². The molecule has 0 N–H and O–H groups in total. The highest BCUT2D eigenvalue weighted by Gasteiger charge is 2.24. The van der Waals surface area contributed by atoms with E-state index in [9.17, 15) is 0 Å². The zero-order chi connectivity index (χ0) is 12.5. The molecular weight excluding hydrogens is 204 g/mol. The summed E-state index contributed by atoms with van der Waals surface area (Å²) in [5.74, 6) is 1.61. The Labute approximate surface area is 106 Å². The number of benzene rings is 1. The van der Waals surface area contributed by atoms with Gasteiger partial charge >= 0.3 is 0 Å². The average Bonchev–Trinajstić information content (AvgIpc) is 3.09. The van der Waals surface area contributed by atoms with E-state index in [0.29, 0.717) is 5.41 Å². The zero-order valence-corrected chi connectivity index (χ0v) is 11.8. The van der Waals surface area contributed by atoms with Crippen LogP contribution in [0.5, 0.6) is 0 Å². The molecule has 0 heteroatoms. The Morgan fingerprint density at radius 1 is 1.12 bits per heavy atom. The van der Waals surface area contributed by atoms with E-state index < -0.39 is 0 Å². The van der Waals surface area contributed by atoms with Crippen LogP contribution in [0.25, 0.3) is 0 Å². The smallest absolute Gasteiger partial charge is 0.0160 e. The molecule has 0 amide bonds. The second-order valence-corrected chi connectivity index (χ2v) is 6.81. The van der Waals surface area contributed by atoms with Gasteiger partial charge in [0.05, 0.1) is 0 Å². The zero-order valence-electron chi connectivity index (χ0n) is 11.8. The molecule has 94 valence electrons. The highest BCUT2D eigenvalue weighted by atomic mass is 14.3. The first kappa shape index (κ1) is 12.7. The third-order valence-electron chi connectivity index (χ3n) is 3.81. The van der Waals surface area contributed by atoms with E-state index in [1.807, 2.05) is 0 Å². The first-order chi connectivity index (χ1) is 7.99. The standard InChI is InChI=1S/C17H26/c1-5-13(12-17(2,3)4)14-6-8-15(9-7-14)16-10-11-16/h6-9,13,16H,5,10-12H2,1-4H3. The van der Waals surface area contributed by atoms with Crippen molar-refractivity contribution in [1.82, 2.24) is 0 Å². The monoisotopic (exact) mass is 230 g/mol. The predicted octanol–water partition coefficient (Wildman–Crippen LogP) is 5.49. The third-order valence-corrected chi connectivity index (χ3v) is 3.81. The molecule has 1 aliphatic rings. The molecule has 17 heavy (non-hydrogen) atoms. The molecule has 1 aromatic rings. The van der Waals surface area contributed by atoms with Crippen molar-refractivity contribution in [3.8, 4) is 0 Å². The molecule has 1 aromatic carbocycles. The van der Waals surface area contributed by atoms with E-state index in [1.165, 1.54) is 31.2 Å². The Morgan fingerprint density at radius 3 is 2.12 bits per heavy atom. The van der Waals surface area contributed by atoms with Crippen molar-refractivity contribution in [3.05, 3.63) is 35.4 Å². The van der Waals surface area contributed by atoms with Gasteiger partial charge in [0.25, 0.3) is 0 Å². The third kappa shape index (κ3) is 3.59. The molecule has 0 radical (unpaired) electrons. The fourth-order valence-electron chi connectivity index (χ4n) is 2.69. The van der Waals surface area contributed by atoms with Crippen molar-refractivity contribution in [2.45, 2.75) is 65.2 Å². The van der Waals surface area contributed by atoms with Crippen LogP contribution in [0.2, 0.25) is 0 Å². The van der Waals surface area contributed by atoms with E-state index in [2.05, 4.69) is 52.0 Å². The Bertz CT molecular complexity index is 349. The quantitative estimate of drug-likeness (QED) is 0.641. The maximum atomic E-state index is 2.37. The Morgan fingerprint density at radius 2 is 1.71 bits per heavy atom. The lowest BCUT2D eigenvalue weighted by molar-refractivity contribution is 0.335. The highest BCUT2D eigenvalue weighted by Crippen LogP contribution is 2.41. The van der Waals surface area contributed by atoms with Crippen LogP contribution >= 0.6 is 0 Å². The predicted molar refractivity (Wildman–Crippen MR) is 75.5 cm³/mol. The maximum Gasteiger partial charge on any atom is -0.0160 e. The summed E-state index contributed by atoms with van der Waals surface area (Å²) in [7, 11) is 0. The lowest BCUT2D eigenvalue weighted by Crippen LogP contribution is -2.11. The minimum absolute atomic E-state index is 0.426. The molecule has 0 aromatic heterocycles. The van der Waals surface area contributed by atoms with E-state index in [4.69, 9.17) is 0 Å². The van der Waals surface area contributed by atoms with Gasteiger partial charge in [0.1, 0.15) is 0 Å². The first-order valence-corrected chi connectivity index (χ1v) is 7.09. The number of hydrogen-bond acceptors (Lipinski definition) is 0. The summed E-state index contributed by atoms with van der Waals surface area (Å²) in [6.45, 7) is 9.34. The van der Waals surface area contributed by atoms with Crippen molar-refractivity contribution < 1.29 is 0 Å². The summed E-state index contributed by atoms with van der Waals surface area (Å²) >= 11 is 0. The van der Waals surface area contributed by atoms with Crippen LogP contribution in [0.15, 0.2) is 24.3 Å². The molecule has 1 fully saturated rings. The van der Waals surface area contributed by atoms with Crippen molar-refractivity contribution in [3.63, 3.8) is 0 Å². The molecule has 2 rings (SSSR count). The molecule has 1 atom stereocenters. The van der Waals surface area contributed by atoms with Crippen molar-refractivity contribution >= 4 is 0 Å². The average molecular weight is 230 g/mol. The summed E-state index contributed by atoms with van der Waals surface area (Å²) in [5, 5.41) is 0. The summed E-state index contributed by atoms with van der Waals surface area (Å²) in [6, 6.07) is 9.46. The van der Waals surface area contributed by atoms with Crippen LogP contribution in [0.4, 0.5) is 0 Å². The summed E-state index contributed by atoms with van der Waals surface area (Å²) < 4.78 is 0. The topological polar surface area (TPSA) is 0 Å². The van der Waals surface area contributed by atoms with Gasteiger partial charge < -0.3 is 0 Å². The second kappa shape index (κ2) is 4.84. The number of hydrogen-bond donors (Lipinski definition) is 0. The van der Waals surface area contributed by atoms with E-state index in [0.717, 1.165) is 11.8 Å². The number of rotatable bonds is 4. The van der Waals surface area contributed by atoms with Gasteiger partial charge in [-0.2, -0.15) is 0 Å². The van der Waals surface area contributed by atoms with Gasteiger partial charge in [-0.1, -0.05) is 52.0 Å². The van der Waals surface area contributed by atoms with Crippen LogP contribution in [0.1, 0.15) is 76.3 Å². The Hall–Kier alpha value is -0.780. The Balaban J connectivity index is 2.07. The van der Waals surface area contributed by atoms with Crippen LogP contribution in [0, 0.1) is 5.41 Å². The second-order valence-electron chi connectivity index (χ2n) is 6.81. The summed E-state index contributed by atoms with van der Waals surface area (Å²) in [5.41, 5.74) is 3.52. The molecule has 0 bridgehead atoms. The fraction of sp³-hybridized carbons (Fsp3) is 0.647. The highest BCUT2D eigenvalue weighted by molar-refractivity contribution is 5.30. The van der Waals surface area contributed by atoms with E-state index in [1.54, 1.807) is 5.56 Å². The molecule has 0 spiro atoms. The Kier molecular flexibility index (Phi) is 3.61. The van der Waals surface area contributed by atoms with Crippen molar-refractivity contribution in [2.75, 3.05) is 0 Å². The minimum Gasteiger partial charge on any atom is -0.0648 e. The van der Waals surface area contributed by atoms with Crippen LogP contribution in [-0.4, -0.2) is 0 Å². The normalized spacial score (nSPS) is 18.1. The van der Waals surface area contributed by atoms with E-state index in [-0.39, 0.29) is 0 Å². The molecule has 1 saturated carbocycles. The minimum atomic E-state index is 0.426. The molecule has 1 unspecified atom stereocenters. The van der Waals surface area contributed by atoms with Gasteiger partial charge in [0, 0.05) is 0 Å². The molecule has 1 aliphatic carbocycles. The van der Waals surface area contributed by atoms with Crippen LogP contribution < -0.4 is 0 Å². The fourth-order valence-corrected chi connectivity index (χ4v) is 2.69. The van der Waals surface area contributed by atoms with Gasteiger partial charge in [-0.15, -0.1) is 0 Å².